The lowest BCUT2D eigenvalue weighted by Crippen LogP contribution is -2.51. The van der Waals surface area contributed by atoms with Gasteiger partial charge in [0, 0.05) is 38.6 Å². The Balaban J connectivity index is 1.84. The lowest BCUT2D eigenvalue weighted by molar-refractivity contribution is -0.123. The summed E-state index contributed by atoms with van der Waals surface area (Å²) in [7, 11) is 3.58. The lowest BCUT2D eigenvalue weighted by atomic mass is 10.0. The number of nitrogens with one attached hydrogen (secondary N) is 1. The van der Waals surface area contributed by atoms with Crippen molar-refractivity contribution >= 4 is 23.2 Å². The summed E-state index contributed by atoms with van der Waals surface area (Å²) in [5, 5.41) is 3.10. The molecule has 1 saturated heterocycles. The molecule has 0 aliphatic carbocycles. The maximum absolute atomic E-state index is 12.2. The molecule has 3 rings (SSSR count). The molecule has 2 aliphatic heterocycles. The summed E-state index contributed by atoms with van der Waals surface area (Å²) in [4.78, 5) is 27.2. The zero-order valence-electron chi connectivity index (χ0n) is 11.1. The van der Waals surface area contributed by atoms with E-state index in [2.05, 4.69) is 5.32 Å². The van der Waals surface area contributed by atoms with E-state index >= 15 is 0 Å². The second-order valence-electron chi connectivity index (χ2n) is 5.19. The zero-order valence-corrected chi connectivity index (χ0v) is 11.1. The molecular weight excluding hydrogens is 242 g/mol. The molecule has 0 radical (unpaired) electrons. The molecule has 0 bridgehead atoms. The van der Waals surface area contributed by atoms with Crippen LogP contribution < -0.4 is 15.1 Å². The Morgan fingerprint density at radius 2 is 2.16 bits per heavy atom. The molecule has 1 fully saturated rings. The molecule has 0 atom stereocenters. The Hall–Kier alpha value is -1.88. The van der Waals surface area contributed by atoms with Crippen LogP contribution in [0.5, 0.6) is 0 Å². The van der Waals surface area contributed by atoms with Crippen LogP contribution in [0.1, 0.15) is 5.56 Å². The van der Waals surface area contributed by atoms with Gasteiger partial charge in [-0.3, -0.25) is 9.59 Å². The first-order valence-corrected chi connectivity index (χ1v) is 6.45. The van der Waals surface area contributed by atoms with Gasteiger partial charge >= 0.3 is 0 Å². The summed E-state index contributed by atoms with van der Waals surface area (Å²) in [6.07, 6.45) is 0.423. The molecular formula is C14H17N3O2. The molecule has 0 saturated carbocycles. The standard InChI is InChI=1S/C14H17N3O2/c1-16(14(19)10-7-15-8-10)11-3-4-12-9(5-11)6-13(18)17(12)2/h3-5,10,15H,6-8H2,1-2H3. The Kier molecular flexibility index (Phi) is 2.78. The van der Waals surface area contributed by atoms with Gasteiger partial charge in [0.2, 0.25) is 11.8 Å². The largest absolute Gasteiger partial charge is 0.315 e. The van der Waals surface area contributed by atoms with Gasteiger partial charge in [-0.2, -0.15) is 0 Å². The fraction of sp³-hybridized carbons (Fsp3) is 0.429. The monoisotopic (exact) mass is 259 g/mol. The highest BCUT2D eigenvalue weighted by Crippen LogP contribution is 2.31. The van der Waals surface area contributed by atoms with Gasteiger partial charge in [-0.25, -0.2) is 0 Å². The van der Waals surface area contributed by atoms with Gasteiger partial charge in [-0.15, -0.1) is 0 Å². The number of likely N-dealkylation sites (N-methyl/N-ethyl adjacent to an activating group) is 1. The van der Waals surface area contributed by atoms with Crippen LogP contribution in [0.3, 0.4) is 0 Å². The third-order valence-corrected chi connectivity index (χ3v) is 3.99. The minimum absolute atomic E-state index is 0.0857. The van der Waals surface area contributed by atoms with Crippen molar-refractivity contribution in [3.63, 3.8) is 0 Å². The van der Waals surface area contributed by atoms with E-state index in [4.69, 9.17) is 0 Å². The molecule has 2 heterocycles. The second-order valence-corrected chi connectivity index (χ2v) is 5.19. The fourth-order valence-corrected chi connectivity index (χ4v) is 2.53. The molecule has 100 valence electrons. The van der Waals surface area contributed by atoms with Crippen LogP contribution in [0, 0.1) is 5.92 Å². The lowest BCUT2D eigenvalue weighted by Gasteiger charge is -2.30. The Bertz CT molecular complexity index is 552. The van der Waals surface area contributed by atoms with Crippen LogP contribution in [0.25, 0.3) is 0 Å². The summed E-state index contributed by atoms with van der Waals surface area (Å²) in [5.74, 6) is 0.322. The second kappa shape index (κ2) is 4.35. The van der Waals surface area contributed by atoms with Crippen molar-refractivity contribution < 1.29 is 9.59 Å². The number of benzene rings is 1. The number of anilines is 2. The first-order valence-electron chi connectivity index (χ1n) is 6.45. The molecule has 0 unspecified atom stereocenters. The number of nitrogens with zero attached hydrogens (tertiary/aromatic N) is 2. The first-order chi connectivity index (χ1) is 9.08. The molecule has 19 heavy (non-hydrogen) atoms. The molecule has 1 N–H and O–H groups in total. The molecule has 2 aliphatic rings. The maximum atomic E-state index is 12.2. The average Bonchev–Trinajstić information content (AvgIpc) is 2.61. The number of hydrogen-bond donors (Lipinski definition) is 1. The molecule has 0 spiro atoms. The van der Waals surface area contributed by atoms with Crippen molar-refractivity contribution in [2.75, 3.05) is 37.0 Å². The van der Waals surface area contributed by atoms with Gasteiger partial charge in [0.15, 0.2) is 0 Å². The summed E-state index contributed by atoms with van der Waals surface area (Å²) in [6.45, 7) is 1.52. The molecule has 1 aromatic rings. The van der Waals surface area contributed by atoms with Crippen molar-refractivity contribution in [3.05, 3.63) is 23.8 Å². The van der Waals surface area contributed by atoms with E-state index in [9.17, 15) is 9.59 Å². The van der Waals surface area contributed by atoms with Crippen molar-refractivity contribution in [1.29, 1.82) is 0 Å². The summed E-state index contributed by atoms with van der Waals surface area (Å²) >= 11 is 0. The van der Waals surface area contributed by atoms with Crippen LogP contribution in [0.4, 0.5) is 11.4 Å². The number of carbonyl (C=O) groups is 2. The predicted octanol–water partition coefficient (Wildman–Crippen LogP) is 0.388. The summed E-state index contributed by atoms with van der Waals surface area (Å²) in [5.41, 5.74) is 2.80. The van der Waals surface area contributed by atoms with Crippen molar-refractivity contribution in [2.24, 2.45) is 5.92 Å². The van der Waals surface area contributed by atoms with Crippen molar-refractivity contribution in [1.82, 2.24) is 5.32 Å². The van der Waals surface area contributed by atoms with E-state index in [1.807, 2.05) is 18.2 Å². The normalized spacial score (nSPS) is 18.2. The van der Waals surface area contributed by atoms with Crippen LogP contribution >= 0.6 is 0 Å². The van der Waals surface area contributed by atoms with E-state index in [0.29, 0.717) is 6.42 Å². The number of hydrogen-bond acceptors (Lipinski definition) is 3. The quantitative estimate of drug-likeness (QED) is 0.836. The van der Waals surface area contributed by atoms with Crippen LogP contribution in [-0.4, -0.2) is 39.0 Å². The van der Waals surface area contributed by atoms with Crippen molar-refractivity contribution in [2.45, 2.75) is 6.42 Å². The highest BCUT2D eigenvalue weighted by Gasteiger charge is 2.29. The summed E-state index contributed by atoms with van der Waals surface area (Å²) in [6, 6.07) is 5.76. The smallest absolute Gasteiger partial charge is 0.232 e. The van der Waals surface area contributed by atoms with Gasteiger partial charge in [0.1, 0.15) is 0 Å². The number of amides is 2. The van der Waals surface area contributed by atoms with Crippen LogP contribution in [0.2, 0.25) is 0 Å². The van der Waals surface area contributed by atoms with Gasteiger partial charge in [0.05, 0.1) is 12.3 Å². The van der Waals surface area contributed by atoms with Gasteiger partial charge in [-0.1, -0.05) is 0 Å². The van der Waals surface area contributed by atoms with Crippen LogP contribution in [0.15, 0.2) is 18.2 Å². The average molecular weight is 259 g/mol. The zero-order chi connectivity index (χ0) is 13.6. The third-order valence-electron chi connectivity index (χ3n) is 3.99. The predicted molar refractivity (Wildman–Crippen MR) is 73.3 cm³/mol. The minimum Gasteiger partial charge on any atom is -0.315 e. The van der Waals surface area contributed by atoms with Gasteiger partial charge in [-0.05, 0) is 23.8 Å². The number of fused-ring (bicyclic) bond motifs is 1. The van der Waals surface area contributed by atoms with E-state index in [1.165, 1.54) is 0 Å². The highest BCUT2D eigenvalue weighted by molar-refractivity contribution is 6.02. The number of carbonyl (C=O) groups excluding carboxylic acids is 2. The molecule has 1 aromatic carbocycles. The van der Waals surface area contributed by atoms with Crippen molar-refractivity contribution in [3.8, 4) is 0 Å². The van der Waals surface area contributed by atoms with E-state index in [-0.39, 0.29) is 17.7 Å². The molecule has 5 nitrogen and oxygen atoms in total. The fourth-order valence-electron chi connectivity index (χ4n) is 2.53. The molecule has 2 amide bonds. The maximum Gasteiger partial charge on any atom is 0.232 e. The Morgan fingerprint density at radius 3 is 2.79 bits per heavy atom. The Morgan fingerprint density at radius 1 is 1.42 bits per heavy atom. The summed E-state index contributed by atoms with van der Waals surface area (Å²) < 4.78 is 0. The SMILES string of the molecule is CN(C(=O)C1CNC1)c1ccc2c(c1)CC(=O)N2C. The van der Waals surface area contributed by atoms with Crippen LogP contribution in [-0.2, 0) is 16.0 Å². The molecule has 0 aromatic heterocycles. The van der Waals surface area contributed by atoms with E-state index in [0.717, 1.165) is 30.0 Å². The molecule has 5 heteroatoms. The minimum atomic E-state index is 0.0857. The first kappa shape index (κ1) is 12.2. The Labute approximate surface area is 112 Å². The van der Waals surface area contributed by atoms with Gasteiger partial charge in [0.25, 0.3) is 0 Å². The highest BCUT2D eigenvalue weighted by atomic mass is 16.2. The van der Waals surface area contributed by atoms with E-state index < -0.39 is 0 Å². The van der Waals surface area contributed by atoms with Gasteiger partial charge < -0.3 is 15.1 Å². The van der Waals surface area contributed by atoms with E-state index in [1.54, 1.807) is 23.9 Å². The third kappa shape index (κ3) is 1.90. The topological polar surface area (TPSA) is 52.7 Å². The number of rotatable bonds is 2.